The minimum Gasteiger partial charge on any atom is -0.296 e. The van der Waals surface area contributed by atoms with Gasteiger partial charge in [-0.1, -0.05) is 15.9 Å². The van der Waals surface area contributed by atoms with Gasteiger partial charge in [0.2, 0.25) is 0 Å². The molecule has 8 heteroatoms. The van der Waals surface area contributed by atoms with Crippen molar-refractivity contribution in [2.45, 2.75) is 13.5 Å². The Labute approximate surface area is 121 Å². The Morgan fingerprint density at radius 1 is 1.40 bits per heavy atom. The molecule has 1 aromatic carbocycles. The van der Waals surface area contributed by atoms with E-state index in [1.807, 2.05) is 0 Å². The average Bonchev–Trinajstić information content (AvgIpc) is 2.37. The third-order valence-electron chi connectivity index (χ3n) is 2.77. The van der Waals surface area contributed by atoms with E-state index in [0.717, 1.165) is 0 Å². The van der Waals surface area contributed by atoms with E-state index < -0.39 is 16.2 Å². The zero-order valence-corrected chi connectivity index (χ0v) is 12.0. The van der Waals surface area contributed by atoms with Crippen molar-refractivity contribution in [3.05, 3.63) is 70.9 Å². The number of H-pyrrole nitrogens is 1. The summed E-state index contributed by atoms with van der Waals surface area (Å²) in [5.74, 6) is 0. The Hall–Kier alpha value is -2.22. The van der Waals surface area contributed by atoms with E-state index in [1.54, 1.807) is 19.1 Å². The summed E-state index contributed by atoms with van der Waals surface area (Å²) in [6.45, 7) is 1.57. The van der Waals surface area contributed by atoms with E-state index in [-0.39, 0.29) is 12.2 Å². The predicted molar refractivity (Wildman–Crippen MR) is 76.0 cm³/mol. The highest BCUT2D eigenvalue weighted by Crippen LogP contribution is 2.23. The van der Waals surface area contributed by atoms with Crippen LogP contribution in [0.3, 0.4) is 0 Å². The van der Waals surface area contributed by atoms with Gasteiger partial charge in [-0.05, 0) is 19.1 Å². The number of aryl methyl sites for hydroxylation is 1. The van der Waals surface area contributed by atoms with Crippen LogP contribution in [0.1, 0.15) is 11.1 Å². The van der Waals surface area contributed by atoms with Crippen molar-refractivity contribution in [3.63, 3.8) is 0 Å². The Morgan fingerprint density at radius 3 is 2.75 bits per heavy atom. The zero-order chi connectivity index (χ0) is 14.9. The van der Waals surface area contributed by atoms with Crippen LogP contribution in [0.4, 0.5) is 5.69 Å². The Kier molecular flexibility index (Phi) is 3.84. The molecule has 0 bridgehead atoms. The van der Waals surface area contributed by atoms with Gasteiger partial charge in [-0.25, -0.2) is 4.79 Å². The summed E-state index contributed by atoms with van der Waals surface area (Å²) in [6.07, 6.45) is 1.38. The molecule has 0 spiro atoms. The van der Waals surface area contributed by atoms with Crippen LogP contribution in [0.2, 0.25) is 0 Å². The normalized spacial score (nSPS) is 10.5. The molecule has 104 valence electrons. The lowest BCUT2D eigenvalue weighted by Crippen LogP contribution is -2.31. The van der Waals surface area contributed by atoms with E-state index in [9.17, 15) is 19.7 Å². The second-order valence-electron chi connectivity index (χ2n) is 4.23. The van der Waals surface area contributed by atoms with Gasteiger partial charge in [0.15, 0.2) is 0 Å². The molecule has 20 heavy (non-hydrogen) atoms. The number of benzene rings is 1. The fraction of sp³-hybridized carbons (Fsp3) is 0.167. The summed E-state index contributed by atoms with van der Waals surface area (Å²) in [5, 5.41) is 11.0. The molecule has 0 radical (unpaired) electrons. The summed E-state index contributed by atoms with van der Waals surface area (Å²) in [6, 6.07) is 4.60. The number of hydrogen-bond acceptors (Lipinski definition) is 4. The minimum absolute atomic E-state index is 0.0139. The molecule has 0 fully saturated rings. The van der Waals surface area contributed by atoms with Gasteiger partial charge in [0.05, 0.1) is 11.5 Å². The molecular formula is C12H10BrN3O4. The maximum atomic E-state index is 11.7. The average molecular weight is 340 g/mol. The van der Waals surface area contributed by atoms with Crippen molar-refractivity contribution in [2.75, 3.05) is 0 Å². The van der Waals surface area contributed by atoms with Crippen LogP contribution in [-0.4, -0.2) is 14.5 Å². The van der Waals surface area contributed by atoms with Gasteiger partial charge in [0, 0.05) is 27.9 Å². The first-order valence-electron chi connectivity index (χ1n) is 5.61. The van der Waals surface area contributed by atoms with Gasteiger partial charge in [-0.2, -0.15) is 0 Å². The molecule has 0 saturated heterocycles. The third kappa shape index (κ3) is 2.85. The summed E-state index contributed by atoms with van der Waals surface area (Å²) < 4.78 is 1.81. The number of aromatic nitrogens is 2. The molecule has 0 aliphatic heterocycles. The molecule has 2 rings (SSSR count). The quantitative estimate of drug-likeness (QED) is 0.677. The molecule has 0 unspecified atom stereocenters. The van der Waals surface area contributed by atoms with Crippen LogP contribution in [-0.2, 0) is 6.54 Å². The standard InChI is InChI=1S/C12H10BrN3O4/c1-7-5-15(12(18)14-11(7)17)6-8-2-3-9(13)4-10(8)16(19)20/h2-5H,6H2,1H3,(H,14,17,18). The van der Waals surface area contributed by atoms with Crippen molar-refractivity contribution in [2.24, 2.45) is 0 Å². The van der Waals surface area contributed by atoms with Crippen molar-refractivity contribution in [1.82, 2.24) is 9.55 Å². The van der Waals surface area contributed by atoms with Gasteiger partial charge < -0.3 is 0 Å². The second-order valence-corrected chi connectivity index (χ2v) is 5.15. The molecule has 0 amide bonds. The van der Waals surface area contributed by atoms with Crippen LogP contribution < -0.4 is 11.2 Å². The van der Waals surface area contributed by atoms with Crippen molar-refractivity contribution in [1.29, 1.82) is 0 Å². The summed E-state index contributed by atoms with van der Waals surface area (Å²) >= 11 is 3.17. The first-order valence-corrected chi connectivity index (χ1v) is 6.41. The SMILES string of the molecule is Cc1cn(Cc2ccc(Br)cc2[N+](=O)[O-])c(=O)[nH]c1=O. The van der Waals surface area contributed by atoms with Gasteiger partial charge in [0.1, 0.15) is 0 Å². The number of nitrogens with zero attached hydrogens (tertiary/aromatic N) is 2. The number of nitro groups is 1. The van der Waals surface area contributed by atoms with Crippen molar-refractivity contribution >= 4 is 21.6 Å². The smallest absolute Gasteiger partial charge is 0.296 e. The van der Waals surface area contributed by atoms with Gasteiger partial charge >= 0.3 is 5.69 Å². The summed E-state index contributed by atoms with van der Waals surface area (Å²) in [4.78, 5) is 35.6. The molecule has 0 saturated carbocycles. The van der Waals surface area contributed by atoms with Crippen LogP contribution >= 0.6 is 15.9 Å². The highest BCUT2D eigenvalue weighted by atomic mass is 79.9. The maximum Gasteiger partial charge on any atom is 0.328 e. The summed E-state index contributed by atoms with van der Waals surface area (Å²) in [5.41, 5.74) is -0.402. The molecule has 7 nitrogen and oxygen atoms in total. The first-order chi connectivity index (χ1) is 9.38. The molecule has 0 atom stereocenters. The topological polar surface area (TPSA) is 98.0 Å². The number of rotatable bonds is 3. The molecule has 1 aromatic heterocycles. The van der Waals surface area contributed by atoms with E-state index in [0.29, 0.717) is 15.6 Å². The number of nitro benzene ring substituents is 1. The largest absolute Gasteiger partial charge is 0.328 e. The van der Waals surface area contributed by atoms with Crippen LogP contribution in [0.25, 0.3) is 0 Å². The van der Waals surface area contributed by atoms with E-state index in [4.69, 9.17) is 0 Å². The third-order valence-corrected chi connectivity index (χ3v) is 3.27. The fourth-order valence-electron chi connectivity index (χ4n) is 1.76. The van der Waals surface area contributed by atoms with E-state index in [1.165, 1.54) is 16.8 Å². The first kappa shape index (κ1) is 14.2. The minimum atomic E-state index is -0.599. The lowest BCUT2D eigenvalue weighted by Gasteiger charge is -2.07. The monoisotopic (exact) mass is 339 g/mol. The molecular weight excluding hydrogens is 330 g/mol. The van der Waals surface area contributed by atoms with E-state index in [2.05, 4.69) is 20.9 Å². The molecule has 0 aliphatic rings. The van der Waals surface area contributed by atoms with Gasteiger partial charge in [-0.3, -0.25) is 24.5 Å². The number of hydrogen-bond donors (Lipinski definition) is 1. The Balaban J connectivity index is 2.50. The maximum absolute atomic E-state index is 11.7. The molecule has 1 N–H and O–H groups in total. The Morgan fingerprint density at radius 2 is 2.10 bits per heavy atom. The molecule has 2 aromatic rings. The Bertz CT molecular complexity index is 794. The lowest BCUT2D eigenvalue weighted by atomic mass is 10.2. The van der Waals surface area contributed by atoms with E-state index >= 15 is 0 Å². The highest BCUT2D eigenvalue weighted by molar-refractivity contribution is 9.10. The van der Waals surface area contributed by atoms with Gasteiger partial charge in [0.25, 0.3) is 11.2 Å². The number of halogens is 1. The summed E-state index contributed by atoms with van der Waals surface area (Å²) in [7, 11) is 0. The van der Waals surface area contributed by atoms with Crippen molar-refractivity contribution in [3.8, 4) is 0 Å². The predicted octanol–water partition coefficient (Wildman–Crippen LogP) is 1.56. The second kappa shape index (κ2) is 5.41. The van der Waals surface area contributed by atoms with Crippen LogP contribution in [0.15, 0.2) is 38.5 Å². The number of nitrogens with one attached hydrogen (secondary N) is 1. The van der Waals surface area contributed by atoms with Crippen LogP contribution in [0, 0.1) is 17.0 Å². The molecule has 0 aliphatic carbocycles. The lowest BCUT2D eigenvalue weighted by molar-refractivity contribution is -0.385. The molecule has 1 heterocycles. The van der Waals surface area contributed by atoms with Crippen LogP contribution in [0.5, 0.6) is 0 Å². The fourth-order valence-corrected chi connectivity index (χ4v) is 2.11. The zero-order valence-electron chi connectivity index (χ0n) is 10.4. The van der Waals surface area contributed by atoms with Crippen molar-refractivity contribution < 1.29 is 4.92 Å². The highest BCUT2D eigenvalue weighted by Gasteiger charge is 2.15. The van der Waals surface area contributed by atoms with Gasteiger partial charge in [-0.15, -0.1) is 0 Å². The number of aromatic amines is 1.